The Bertz CT molecular complexity index is 847. The Kier molecular flexibility index (Phi) is 8.78. The van der Waals surface area contributed by atoms with E-state index in [1.807, 2.05) is 48.7 Å². The number of nitrogens with zero attached hydrogens (tertiary/aromatic N) is 3. The van der Waals surface area contributed by atoms with Crippen LogP contribution in [0.4, 0.5) is 10.5 Å². The number of aromatic nitrogens is 1. The summed E-state index contributed by atoms with van der Waals surface area (Å²) in [5.41, 5.74) is 1.67. The van der Waals surface area contributed by atoms with Gasteiger partial charge in [-0.15, -0.1) is 0 Å². The highest BCUT2D eigenvalue weighted by molar-refractivity contribution is 6.30. The van der Waals surface area contributed by atoms with Crippen LogP contribution in [0.1, 0.15) is 33.4 Å². The fourth-order valence-electron chi connectivity index (χ4n) is 3.24. The molecule has 0 radical (unpaired) electrons. The third kappa shape index (κ3) is 7.41. The number of hydrogen-bond donors (Lipinski definition) is 1. The lowest BCUT2D eigenvalue weighted by molar-refractivity contribution is -0.133. The molecule has 0 unspecified atom stereocenters. The van der Waals surface area contributed by atoms with Gasteiger partial charge in [-0.2, -0.15) is 0 Å². The molecule has 0 aliphatic carbocycles. The summed E-state index contributed by atoms with van der Waals surface area (Å²) in [5, 5.41) is 3.40. The molecule has 0 atom stereocenters. The van der Waals surface area contributed by atoms with Gasteiger partial charge in [0.1, 0.15) is 6.54 Å². The number of urea groups is 1. The van der Waals surface area contributed by atoms with E-state index in [4.69, 9.17) is 11.6 Å². The van der Waals surface area contributed by atoms with E-state index in [-0.39, 0.29) is 24.4 Å². The zero-order valence-electron chi connectivity index (χ0n) is 18.6. The van der Waals surface area contributed by atoms with E-state index in [2.05, 4.69) is 19.2 Å². The van der Waals surface area contributed by atoms with E-state index in [0.29, 0.717) is 36.3 Å². The first-order chi connectivity index (χ1) is 14.2. The highest BCUT2D eigenvalue weighted by Gasteiger charge is 2.23. The normalized spacial score (nSPS) is 11.1. The van der Waals surface area contributed by atoms with Crippen molar-refractivity contribution >= 4 is 29.2 Å². The summed E-state index contributed by atoms with van der Waals surface area (Å²) >= 11 is 6.02. The van der Waals surface area contributed by atoms with E-state index >= 15 is 0 Å². The Hall–Kier alpha value is -2.47. The zero-order chi connectivity index (χ0) is 22.3. The molecule has 1 aromatic carbocycles. The number of rotatable bonds is 9. The molecule has 164 valence electrons. The molecule has 2 aromatic rings. The van der Waals surface area contributed by atoms with E-state index in [9.17, 15) is 9.59 Å². The summed E-state index contributed by atoms with van der Waals surface area (Å²) in [5.74, 6) is 0.495. The summed E-state index contributed by atoms with van der Waals surface area (Å²) < 4.78 is 2.01. The van der Waals surface area contributed by atoms with Crippen LogP contribution >= 0.6 is 11.6 Å². The van der Waals surface area contributed by atoms with Gasteiger partial charge < -0.3 is 19.7 Å². The number of aryl methyl sites for hydroxylation is 1. The second-order valence-electron chi connectivity index (χ2n) is 8.49. The topological polar surface area (TPSA) is 57.6 Å². The highest BCUT2D eigenvalue weighted by Crippen LogP contribution is 2.16. The Morgan fingerprint density at radius 2 is 1.70 bits per heavy atom. The van der Waals surface area contributed by atoms with E-state index in [1.165, 1.54) is 0 Å². The van der Waals surface area contributed by atoms with Gasteiger partial charge in [-0.1, -0.05) is 45.4 Å². The molecule has 0 spiro atoms. The van der Waals surface area contributed by atoms with Gasteiger partial charge in [0, 0.05) is 42.7 Å². The second-order valence-corrected chi connectivity index (χ2v) is 8.93. The van der Waals surface area contributed by atoms with Crippen molar-refractivity contribution < 1.29 is 9.59 Å². The standard InChI is InChI=1S/C23H33ClN4O2/c1-17(2)13-27(15-21-10-7-11-26(21)5)22(29)16-28(14-18(3)4)23(30)25-20-9-6-8-19(24)12-20/h6-12,17-18H,13-16H2,1-5H3,(H,25,30). The minimum Gasteiger partial charge on any atom is -0.353 e. The average Bonchev–Trinajstić information content (AvgIpc) is 3.04. The third-order valence-corrected chi connectivity index (χ3v) is 4.85. The second kappa shape index (κ2) is 11.1. The first-order valence-electron chi connectivity index (χ1n) is 10.3. The fraction of sp³-hybridized carbons (Fsp3) is 0.478. The molecule has 0 saturated heterocycles. The molecule has 2 rings (SSSR count). The van der Waals surface area contributed by atoms with Crippen molar-refractivity contribution in [3.8, 4) is 0 Å². The molecule has 1 heterocycles. The molecule has 0 fully saturated rings. The van der Waals surface area contributed by atoms with Crippen LogP contribution in [-0.2, 0) is 18.4 Å². The van der Waals surface area contributed by atoms with Gasteiger partial charge in [0.15, 0.2) is 0 Å². The minimum absolute atomic E-state index is 0.0295. The van der Waals surface area contributed by atoms with Gasteiger partial charge in [0.2, 0.25) is 5.91 Å². The van der Waals surface area contributed by atoms with Crippen molar-refractivity contribution in [1.82, 2.24) is 14.4 Å². The monoisotopic (exact) mass is 432 g/mol. The SMILES string of the molecule is CC(C)CN(Cc1cccn1C)C(=O)CN(CC(C)C)C(=O)Nc1cccc(Cl)c1. The number of benzene rings is 1. The number of anilines is 1. The maximum Gasteiger partial charge on any atom is 0.322 e. The van der Waals surface area contributed by atoms with Gasteiger partial charge in [0.05, 0.1) is 6.54 Å². The number of halogens is 1. The molecule has 0 saturated carbocycles. The first-order valence-corrected chi connectivity index (χ1v) is 10.7. The molecule has 1 N–H and O–H groups in total. The quantitative estimate of drug-likeness (QED) is 0.615. The van der Waals surface area contributed by atoms with Crippen molar-refractivity contribution in [2.45, 2.75) is 34.2 Å². The van der Waals surface area contributed by atoms with Crippen LogP contribution in [0.2, 0.25) is 5.02 Å². The number of amides is 3. The number of carbonyl (C=O) groups is 2. The molecule has 0 aliphatic rings. The van der Waals surface area contributed by atoms with Gasteiger partial charge in [-0.25, -0.2) is 4.79 Å². The first kappa shape index (κ1) is 23.8. The van der Waals surface area contributed by atoms with Crippen molar-refractivity contribution in [2.75, 3.05) is 25.0 Å². The largest absolute Gasteiger partial charge is 0.353 e. The maximum absolute atomic E-state index is 13.2. The lowest BCUT2D eigenvalue weighted by Gasteiger charge is -2.30. The summed E-state index contributed by atoms with van der Waals surface area (Å²) in [7, 11) is 1.97. The molecule has 3 amide bonds. The summed E-state index contributed by atoms with van der Waals surface area (Å²) in [6.07, 6.45) is 1.97. The van der Waals surface area contributed by atoms with Crippen LogP contribution in [0.15, 0.2) is 42.6 Å². The average molecular weight is 433 g/mol. The van der Waals surface area contributed by atoms with Crippen LogP contribution in [-0.4, -0.2) is 45.9 Å². The number of nitrogens with one attached hydrogen (secondary N) is 1. The van der Waals surface area contributed by atoms with Crippen molar-refractivity contribution in [3.05, 3.63) is 53.3 Å². The molecule has 6 nitrogen and oxygen atoms in total. The van der Waals surface area contributed by atoms with Gasteiger partial charge in [0.25, 0.3) is 0 Å². The van der Waals surface area contributed by atoms with Gasteiger partial charge >= 0.3 is 6.03 Å². The van der Waals surface area contributed by atoms with Crippen LogP contribution in [0.3, 0.4) is 0 Å². The zero-order valence-corrected chi connectivity index (χ0v) is 19.3. The fourth-order valence-corrected chi connectivity index (χ4v) is 3.43. The van der Waals surface area contributed by atoms with E-state index in [0.717, 1.165) is 5.69 Å². The Balaban J connectivity index is 2.13. The molecule has 30 heavy (non-hydrogen) atoms. The van der Waals surface area contributed by atoms with Gasteiger partial charge in [-0.3, -0.25) is 4.79 Å². The lowest BCUT2D eigenvalue weighted by atomic mass is 10.2. The lowest BCUT2D eigenvalue weighted by Crippen LogP contribution is -2.46. The van der Waals surface area contributed by atoms with Crippen LogP contribution in [0.25, 0.3) is 0 Å². The molecule has 7 heteroatoms. The summed E-state index contributed by atoms with van der Waals surface area (Å²) in [6, 6.07) is 10.7. The predicted octanol–water partition coefficient (Wildman–Crippen LogP) is 4.85. The summed E-state index contributed by atoms with van der Waals surface area (Å²) in [6.45, 7) is 9.90. The highest BCUT2D eigenvalue weighted by atomic mass is 35.5. The van der Waals surface area contributed by atoms with E-state index in [1.54, 1.807) is 29.2 Å². The third-order valence-electron chi connectivity index (χ3n) is 4.62. The molecule has 0 bridgehead atoms. The van der Waals surface area contributed by atoms with Crippen molar-refractivity contribution in [3.63, 3.8) is 0 Å². The molecule has 1 aromatic heterocycles. The van der Waals surface area contributed by atoms with Crippen molar-refractivity contribution in [2.24, 2.45) is 18.9 Å². The minimum atomic E-state index is -0.303. The van der Waals surface area contributed by atoms with Crippen molar-refractivity contribution in [1.29, 1.82) is 0 Å². The Morgan fingerprint density at radius 1 is 1.03 bits per heavy atom. The summed E-state index contributed by atoms with van der Waals surface area (Å²) in [4.78, 5) is 29.5. The van der Waals surface area contributed by atoms with E-state index < -0.39 is 0 Å². The molecular formula is C23H33ClN4O2. The number of carbonyl (C=O) groups excluding carboxylic acids is 2. The smallest absolute Gasteiger partial charge is 0.322 e. The molecular weight excluding hydrogens is 400 g/mol. The van der Waals surface area contributed by atoms with Crippen LogP contribution < -0.4 is 5.32 Å². The molecule has 0 aliphatic heterocycles. The number of hydrogen-bond acceptors (Lipinski definition) is 2. The Labute approximate surface area is 184 Å². The Morgan fingerprint density at radius 3 is 2.27 bits per heavy atom. The van der Waals surface area contributed by atoms with Crippen LogP contribution in [0, 0.1) is 11.8 Å². The van der Waals surface area contributed by atoms with Gasteiger partial charge in [-0.05, 0) is 42.2 Å². The van der Waals surface area contributed by atoms with Crippen LogP contribution in [0.5, 0.6) is 0 Å². The predicted molar refractivity (Wildman–Crippen MR) is 123 cm³/mol. The maximum atomic E-state index is 13.2.